The SMILES string of the molecule is Cn1cc2cc(-c3c[nH]c4ncc(Cl)cc34)ccc2n1. The van der Waals surface area contributed by atoms with E-state index in [-0.39, 0.29) is 0 Å². The molecule has 1 N–H and O–H groups in total. The van der Waals surface area contributed by atoms with Crippen LogP contribution in [0.1, 0.15) is 0 Å². The molecule has 98 valence electrons. The molecule has 1 aromatic carbocycles. The first-order valence-corrected chi connectivity index (χ1v) is 6.65. The van der Waals surface area contributed by atoms with Gasteiger partial charge in [-0.2, -0.15) is 5.10 Å². The third kappa shape index (κ3) is 1.69. The second kappa shape index (κ2) is 4.08. The summed E-state index contributed by atoms with van der Waals surface area (Å²) in [5.74, 6) is 0. The summed E-state index contributed by atoms with van der Waals surface area (Å²) in [4.78, 5) is 7.47. The van der Waals surface area contributed by atoms with Crippen LogP contribution in [0.25, 0.3) is 33.1 Å². The molecule has 3 aromatic heterocycles. The van der Waals surface area contributed by atoms with Crippen molar-refractivity contribution in [1.29, 1.82) is 0 Å². The Balaban J connectivity index is 1.97. The fourth-order valence-corrected chi connectivity index (χ4v) is 2.69. The fraction of sp³-hybridized carbons (Fsp3) is 0.0667. The van der Waals surface area contributed by atoms with Gasteiger partial charge in [-0.15, -0.1) is 0 Å². The van der Waals surface area contributed by atoms with Crippen molar-refractivity contribution in [1.82, 2.24) is 19.7 Å². The average molecular weight is 283 g/mol. The first kappa shape index (κ1) is 11.5. The molecule has 3 heterocycles. The van der Waals surface area contributed by atoms with Gasteiger partial charge in [0.05, 0.1) is 10.5 Å². The number of hydrogen-bond acceptors (Lipinski definition) is 2. The lowest BCUT2D eigenvalue weighted by molar-refractivity contribution is 0.780. The summed E-state index contributed by atoms with van der Waals surface area (Å²) in [6, 6.07) is 8.16. The van der Waals surface area contributed by atoms with Crippen LogP contribution in [-0.4, -0.2) is 19.7 Å². The summed E-state index contributed by atoms with van der Waals surface area (Å²) in [6.45, 7) is 0. The number of H-pyrrole nitrogens is 1. The van der Waals surface area contributed by atoms with Crippen LogP contribution in [0.5, 0.6) is 0 Å². The Morgan fingerprint density at radius 1 is 1.25 bits per heavy atom. The minimum absolute atomic E-state index is 0.640. The predicted molar refractivity (Wildman–Crippen MR) is 80.8 cm³/mol. The quantitative estimate of drug-likeness (QED) is 0.578. The van der Waals surface area contributed by atoms with E-state index in [1.165, 1.54) is 0 Å². The maximum atomic E-state index is 6.04. The van der Waals surface area contributed by atoms with E-state index >= 15 is 0 Å². The van der Waals surface area contributed by atoms with Gasteiger partial charge in [-0.3, -0.25) is 4.68 Å². The Bertz CT molecular complexity index is 936. The van der Waals surface area contributed by atoms with Gasteiger partial charge in [0.15, 0.2) is 0 Å². The molecular formula is C15H11ClN4. The van der Waals surface area contributed by atoms with Gasteiger partial charge in [0.25, 0.3) is 0 Å². The highest BCUT2D eigenvalue weighted by molar-refractivity contribution is 6.31. The minimum Gasteiger partial charge on any atom is -0.346 e. The van der Waals surface area contributed by atoms with Gasteiger partial charge in [-0.05, 0) is 23.8 Å². The second-order valence-corrected chi connectivity index (χ2v) is 5.26. The number of aromatic nitrogens is 4. The van der Waals surface area contributed by atoms with Gasteiger partial charge >= 0.3 is 0 Å². The van der Waals surface area contributed by atoms with Gasteiger partial charge in [-0.1, -0.05) is 17.7 Å². The smallest absolute Gasteiger partial charge is 0.137 e. The summed E-state index contributed by atoms with van der Waals surface area (Å²) in [5.41, 5.74) is 4.06. The van der Waals surface area contributed by atoms with E-state index in [1.54, 1.807) is 6.20 Å². The first-order chi connectivity index (χ1) is 9.70. The zero-order valence-electron chi connectivity index (χ0n) is 10.8. The lowest BCUT2D eigenvalue weighted by Crippen LogP contribution is -1.84. The van der Waals surface area contributed by atoms with E-state index < -0.39 is 0 Å². The number of rotatable bonds is 1. The summed E-state index contributed by atoms with van der Waals surface area (Å²) < 4.78 is 1.82. The molecule has 0 aliphatic heterocycles. The number of aryl methyl sites for hydroxylation is 1. The minimum atomic E-state index is 0.640. The Morgan fingerprint density at radius 3 is 3.05 bits per heavy atom. The number of hydrogen-bond donors (Lipinski definition) is 1. The number of pyridine rings is 1. The second-order valence-electron chi connectivity index (χ2n) is 4.83. The van der Waals surface area contributed by atoms with Crippen LogP contribution in [0.15, 0.2) is 42.9 Å². The van der Waals surface area contributed by atoms with E-state index in [9.17, 15) is 0 Å². The molecule has 20 heavy (non-hydrogen) atoms. The lowest BCUT2D eigenvalue weighted by atomic mass is 10.0. The Kier molecular flexibility index (Phi) is 2.35. The molecule has 4 rings (SSSR count). The molecule has 4 aromatic rings. The molecule has 4 nitrogen and oxygen atoms in total. The van der Waals surface area contributed by atoms with E-state index in [1.807, 2.05) is 36.3 Å². The summed E-state index contributed by atoms with van der Waals surface area (Å²) in [7, 11) is 1.93. The molecule has 0 radical (unpaired) electrons. The highest BCUT2D eigenvalue weighted by Crippen LogP contribution is 2.31. The van der Waals surface area contributed by atoms with E-state index in [0.717, 1.165) is 33.1 Å². The molecule has 0 amide bonds. The van der Waals surface area contributed by atoms with Crippen molar-refractivity contribution < 1.29 is 0 Å². The Hall–Kier alpha value is -2.33. The van der Waals surface area contributed by atoms with Crippen molar-refractivity contribution in [3.8, 4) is 11.1 Å². The molecule has 0 fully saturated rings. The summed E-state index contributed by atoms with van der Waals surface area (Å²) in [5, 5.41) is 7.18. The zero-order chi connectivity index (χ0) is 13.7. The standard InChI is InChI=1S/C15H11ClN4/c1-20-8-10-4-9(2-3-14(10)19-20)13-7-18-15-12(13)5-11(16)6-17-15/h2-8H,1H3,(H,17,18). The van der Waals surface area contributed by atoms with Crippen LogP contribution < -0.4 is 0 Å². The maximum Gasteiger partial charge on any atom is 0.137 e. The van der Waals surface area contributed by atoms with Gasteiger partial charge < -0.3 is 4.98 Å². The molecule has 0 atom stereocenters. The Labute approximate surface area is 120 Å². The van der Waals surface area contributed by atoms with E-state index in [0.29, 0.717) is 5.02 Å². The molecule has 0 aliphatic rings. The lowest BCUT2D eigenvalue weighted by Gasteiger charge is -2.00. The van der Waals surface area contributed by atoms with Crippen LogP contribution in [0.4, 0.5) is 0 Å². The number of benzene rings is 1. The van der Waals surface area contributed by atoms with Gasteiger partial charge in [0.2, 0.25) is 0 Å². The number of halogens is 1. The van der Waals surface area contributed by atoms with Crippen LogP contribution >= 0.6 is 11.6 Å². The van der Waals surface area contributed by atoms with Crippen molar-refractivity contribution in [3.63, 3.8) is 0 Å². The largest absolute Gasteiger partial charge is 0.346 e. The molecule has 0 unspecified atom stereocenters. The monoisotopic (exact) mass is 282 g/mol. The van der Waals surface area contributed by atoms with Crippen LogP contribution in [0, 0.1) is 0 Å². The first-order valence-electron chi connectivity index (χ1n) is 6.27. The van der Waals surface area contributed by atoms with Crippen molar-refractivity contribution in [3.05, 3.63) is 47.9 Å². The van der Waals surface area contributed by atoms with Crippen LogP contribution in [-0.2, 0) is 7.05 Å². The number of aromatic amines is 1. The molecule has 0 saturated carbocycles. The molecule has 0 saturated heterocycles. The van der Waals surface area contributed by atoms with Crippen LogP contribution in [0.2, 0.25) is 5.02 Å². The molecule has 0 bridgehead atoms. The third-order valence-corrected chi connectivity index (χ3v) is 3.63. The summed E-state index contributed by atoms with van der Waals surface area (Å²) in [6.07, 6.45) is 5.62. The summed E-state index contributed by atoms with van der Waals surface area (Å²) >= 11 is 6.04. The van der Waals surface area contributed by atoms with Gasteiger partial charge in [-0.25, -0.2) is 4.98 Å². The molecule has 0 spiro atoms. The van der Waals surface area contributed by atoms with Gasteiger partial charge in [0.1, 0.15) is 5.65 Å². The number of fused-ring (bicyclic) bond motifs is 2. The number of nitrogens with zero attached hydrogens (tertiary/aromatic N) is 3. The highest BCUT2D eigenvalue weighted by atomic mass is 35.5. The van der Waals surface area contributed by atoms with Gasteiger partial charge in [0, 0.05) is 42.0 Å². The van der Waals surface area contributed by atoms with Crippen molar-refractivity contribution >= 4 is 33.5 Å². The average Bonchev–Trinajstić information content (AvgIpc) is 2.99. The number of nitrogens with one attached hydrogen (secondary N) is 1. The predicted octanol–water partition coefficient (Wildman–Crippen LogP) is 3.77. The van der Waals surface area contributed by atoms with Crippen molar-refractivity contribution in [2.24, 2.45) is 7.05 Å². The molecule has 5 heteroatoms. The van der Waals surface area contributed by atoms with Crippen LogP contribution in [0.3, 0.4) is 0 Å². The van der Waals surface area contributed by atoms with E-state index in [2.05, 4.69) is 27.2 Å². The van der Waals surface area contributed by atoms with Crippen molar-refractivity contribution in [2.75, 3.05) is 0 Å². The van der Waals surface area contributed by atoms with Crippen molar-refractivity contribution in [2.45, 2.75) is 0 Å². The fourth-order valence-electron chi connectivity index (χ4n) is 2.53. The normalized spacial score (nSPS) is 11.5. The molecule has 0 aliphatic carbocycles. The highest BCUT2D eigenvalue weighted by Gasteiger charge is 2.09. The molecular weight excluding hydrogens is 272 g/mol. The maximum absolute atomic E-state index is 6.04. The topological polar surface area (TPSA) is 46.5 Å². The Morgan fingerprint density at radius 2 is 2.15 bits per heavy atom. The zero-order valence-corrected chi connectivity index (χ0v) is 11.5. The third-order valence-electron chi connectivity index (χ3n) is 3.43. The van der Waals surface area contributed by atoms with E-state index in [4.69, 9.17) is 11.6 Å².